The highest BCUT2D eigenvalue weighted by molar-refractivity contribution is 7.89. The highest BCUT2D eigenvalue weighted by atomic mass is 35.5. The van der Waals surface area contributed by atoms with E-state index in [-0.39, 0.29) is 16.9 Å². The summed E-state index contributed by atoms with van der Waals surface area (Å²) in [6, 6.07) is 0. The molecule has 6 nitrogen and oxygen atoms in total. The smallest absolute Gasteiger partial charge is 0.261 e. The molecule has 0 spiro atoms. The Labute approximate surface area is 113 Å². The number of alkyl halides is 1. The van der Waals surface area contributed by atoms with Gasteiger partial charge in [0.2, 0.25) is 0 Å². The Balaban J connectivity index is 2.86. The standard InChI is InChI=1S/C10H18ClN3O3S/c1-8-12-10(6-13(8)2)18(15,16)14(3)5-9(11)7-17-4/h6,9H,5,7H2,1-4H3. The fourth-order valence-corrected chi connectivity index (χ4v) is 3.07. The van der Waals surface area contributed by atoms with Gasteiger partial charge in [0.15, 0.2) is 5.03 Å². The number of hydrogen-bond acceptors (Lipinski definition) is 4. The third kappa shape index (κ3) is 3.44. The molecule has 18 heavy (non-hydrogen) atoms. The van der Waals surface area contributed by atoms with Crippen LogP contribution >= 0.6 is 11.6 Å². The first-order valence-electron chi connectivity index (χ1n) is 5.38. The minimum absolute atomic E-state index is 0.0336. The molecule has 0 saturated carbocycles. The second-order valence-corrected chi connectivity index (χ2v) is 6.68. The van der Waals surface area contributed by atoms with Crippen LogP contribution in [0.25, 0.3) is 0 Å². The van der Waals surface area contributed by atoms with E-state index >= 15 is 0 Å². The molecule has 8 heteroatoms. The van der Waals surface area contributed by atoms with E-state index in [9.17, 15) is 8.42 Å². The zero-order valence-electron chi connectivity index (χ0n) is 10.9. The third-order valence-corrected chi connectivity index (χ3v) is 4.52. The van der Waals surface area contributed by atoms with Gasteiger partial charge in [0.1, 0.15) is 5.82 Å². The van der Waals surface area contributed by atoms with E-state index in [0.717, 1.165) is 0 Å². The Morgan fingerprint density at radius 3 is 2.67 bits per heavy atom. The predicted octanol–water partition coefficient (Wildman–Crippen LogP) is 0.603. The van der Waals surface area contributed by atoms with E-state index in [4.69, 9.17) is 16.3 Å². The summed E-state index contributed by atoms with van der Waals surface area (Å²) in [4.78, 5) is 4.02. The molecule has 0 aliphatic carbocycles. The van der Waals surface area contributed by atoms with E-state index in [1.165, 1.54) is 24.7 Å². The number of imidazole rings is 1. The van der Waals surface area contributed by atoms with E-state index in [1.807, 2.05) is 0 Å². The van der Waals surface area contributed by atoms with Crippen molar-refractivity contribution in [1.29, 1.82) is 0 Å². The van der Waals surface area contributed by atoms with E-state index in [2.05, 4.69) is 4.98 Å². The van der Waals surface area contributed by atoms with E-state index in [0.29, 0.717) is 12.4 Å². The quantitative estimate of drug-likeness (QED) is 0.721. The molecule has 0 radical (unpaired) electrons. The molecule has 0 amide bonds. The Morgan fingerprint density at radius 2 is 2.22 bits per heavy atom. The second-order valence-electron chi connectivity index (χ2n) is 4.08. The summed E-state index contributed by atoms with van der Waals surface area (Å²) < 4.78 is 32.1. The molecule has 1 rings (SSSR count). The maximum Gasteiger partial charge on any atom is 0.261 e. The molecule has 0 aromatic carbocycles. The molecule has 0 saturated heterocycles. The van der Waals surface area contributed by atoms with Gasteiger partial charge in [-0.05, 0) is 6.92 Å². The topological polar surface area (TPSA) is 64.4 Å². The Hall–Kier alpha value is -0.630. The zero-order valence-corrected chi connectivity index (χ0v) is 12.5. The van der Waals surface area contributed by atoms with Crippen LogP contribution < -0.4 is 0 Å². The minimum Gasteiger partial charge on any atom is -0.383 e. The molecular weight excluding hydrogens is 278 g/mol. The van der Waals surface area contributed by atoms with Gasteiger partial charge in [0, 0.05) is 33.9 Å². The average Bonchev–Trinajstić information content (AvgIpc) is 2.60. The Bertz CT molecular complexity index is 481. The predicted molar refractivity (Wildman–Crippen MR) is 69.3 cm³/mol. The van der Waals surface area contributed by atoms with Crippen LogP contribution in [0.1, 0.15) is 5.82 Å². The minimum atomic E-state index is -3.59. The fraction of sp³-hybridized carbons (Fsp3) is 0.700. The summed E-state index contributed by atoms with van der Waals surface area (Å²) in [6.45, 7) is 2.21. The van der Waals surface area contributed by atoms with Crippen LogP contribution in [0.2, 0.25) is 0 Å². The van der Waals surface area contributed by atoms with Gasteiger partial charge in [-0.15, -0.1) is 11.6 Å². The molecule has 0 aliphatic rings. The largest absolute Gasteiger partial charge is 0.383 e. The molecule has 0 N–H and O–H groups in total. The number of sulfonamides is 1. The van der Waals surface area contributed by atoms with Gasteiger partial charge in [-0.2, -0.15) is 4.31 Å². The number of halogens is 1. The lowest BCUT2D eigenvalue weighted by Crippen LogP contribution is -2.34. The number of hydrogen-bond donors (Lipinski definition) is 0. The average molecular weight is 296 g/mol. The van der Waals surface area contributed by atoms with Crippen LogP contribution in [0.4, 0.5) is 0 Å². The summed E-state index contributed by atoms with van der Waals surface area (Å²) in [5.41, 5.74) is 0. The second kappa shape index (κ2) is 6.01. The van der Waals surface area contributed by atoms with Crippen molar-refractivity contribution in [2.24, 2.45) is 7.05 Å². The number of aromatic nitrogens is 2. The number of methoxy groups -OCH3 is 1. The van der Waals surface area contributed by atoms with Crippen molar-refractivity contribution < 1.29 is 13.2 Å². The molecule has 1 atom stereocenters. The summed E-state index contributed by atoms with van der Waals surface area (Å²) >= 11 is 5.95. The highest BCUT2D eigenvalue weighted by Gasteiger charge is 2.25. The molecule has 1 aromatic heterocycles. The Kier molecular flexibility index (Phi) is 5.15. The highest BCUT2D eigenvalue weighted by Crippen LogP contribution is 2.14. The van der Waals surface area contributed by atoms with E-state index in [1.54, 1.807) is 18.5 Å². The molecule has 0 aliphatic heterocycles. The maximum absolute atomic E-state index is 12.2. The monoisotopic (exact) mass is 295 g/mol. The molecule has 1 aromatic rings. The Morgan fingerprint density at radius 1 is 1.61 bits per heavy atom. The number of ether oxygens (including phenoxy) is 1. The normalized spacial score (nSPS) is 14.1. The summed E-state index contributed by atoms with van der Waals surface area (Å²) in [5, 5.41) is -0.356. The molecular formula is C10H18ClN3O3S. The van der Waals surface area contributed by atoms with Gasteiger partial charge < -0.3 is 9.30 Å². The summed E-state index contributed by atoms with van der Waals surface area (Å²) in [7, 11) is 1.15. The first kappa shape index (κ1) is 15.4. The van der Waals surface area contributed by atoms with Crippen LogP contribution in [0, 0.1) is 6.92 Å². The van der Waals surface area contributed by atoms with E-state index < -0.39 is 10.0 Å². The van der Waals surface area contributed by atoms with Crippen molar-refractivity contribution in [3.63, 3.8) is 0 Å². The number of rotatable bonds is 6. The molecule has 0 fully saturated rings. The lowest BCUT2D eigenvalue weighted by atomic mass is 10.4. The van der Waals surface area contributed by atoms with Crippen molar-refractivity contribution in [3.05, 3.63) is 12.0 Å². The first-order chi connectivity index (χ1) is 8.28. The lowest BCUT2D eigenvalue weighted by molar-refractivity contribution is 0.192. The molecule has 104 valence electrons. The fourth-order valence-electron chi connectivity index (χ4n) is 1.42. The zero-order chi connectivity index (χ0) is 13.9. The van der Waals surface area contributed by atoms with Crippen molar-refractivity contribution in [1.82, 2.24) is 13.9 Å². The number of aryl methyl sites for hydroxylation is 2. The number of nitrogens with zero attached hydrogens (tertiary/aromatic N) is 3. The van der Waals surface area contributed by atoms with Crippen LogP contribution in [-0.2, 0) is 21.8 Å². The van der Waals surface area contributed by atoms with Gasteiger partial charge in [0.25, 0.3) is 10.0 Å². The third-order valence-electron chi connectivity index (χ3n) is 2.56. The molecule has 0 bridgehead atoms. The van der Waals surface area contributed by atoms with Crippen LogP contribution in [0.5, 0.6) is 0 Å². The summed E-state index contributed by atoms with van der Waals surface area (Å²) in [5.74, 6) is 0.640. The van der Waals surface area contributed by atoms with Gasteiger partial charge in [-0.3, -0.25) is 0 Å². The first-order valence-corrected chi connectivity index (χ1v) is 7.26. The van der Waals surface area contributed by atoms with Crippen molar-refractivity contribution in [2.75, 3.05) is 27.3 Å². The van der Waals surface area contributed by atoms with Crippen LogP contribution in [0.3, 0.4) is 0 Å². The van der Waals surface area contributed by atoms with Gasteiger partial charge >= 0.3 is 0 Å². The summed E-state index contributed by atoms with van der Waals surface area (Å²) in [6.07, 6.45) is 1.49. The molecule has 1 unspecified atom stereocenters. The van der Waals surface area contributed by atoms with Gasteiger partial charge in [-0.1, -0.05) is 0 Å². The van der Waals surface area contributed by atoms with Gasteiger partial charge in [-0.25, -0.2) is 13.4 Å². The van der Waals surface area contributed by atoms with Crippen molar-refractivity contribution >= 4 is 21.6 Å². The SMILES string of the molecule is COCC(Cl)CN(C)S(=O)(=O)c1cn(C)c(C)n1. The van der Waals surface area contributed by atoms with Crippen molar-refractivity contribution in [2.45, 2.75) is 17.3 Å². The van der Waals surface area contributed by atoms with Gasteiger partial charge in [0.05, 0.1) is 12.0 Å². The maximum atomic E-state index is 12.2. The van der Waals surface area contributed by atoms with Crippen LogP contribution in [0.15, 0.2) is 11.2 Å². The van der Waals surface area contributed by atoms with Crippen LogP contribution in [-0.4, -0.2) is 55.0 Å². The molecule has 1 heterocycles. The van der Waals surface area contributed by atoms with Crippen molar-refractivity contribution in [3.8, 4) is 0 Å². The lowest BCUT2D eigenvalue weighted by Gasteiger charge is -2.18.